The van der Waals surface area contributed by atoms with E-state index < -0.39 is 30.0 Å². The van der Waals surface area contributed by atoms with E-state index in [1.54, 1.807) is 6.20 Å². The molecule has 2 aliphatic rings. The molecule has 1 aromatic heterocycles. The van der Waals surface area contributed by atoms with Crippen molar-refractivity contribution in [2.24, 2.45) is 0 Å². The zero-order valence-electron chi connectivity index (χ0n) is 17.5. The van der Waals surface area contributed by atoms with E-state index in [0.29, 0.717) is 13.2 Å². The lowest BCUT2D eigenvalue weighted by atomic mass is 9.75. The fraction of sp³-hybridized carbons (Fsp3) is 0.789. The molecular formula is C19H31BN2O5. The highest BCUT2D eigenvalue weighted by Gasteiger charge is 2.53. The van der Waals surface area contributed by atoms with Gasteiger partial charge in [-0.2, -0.15) is 9.78 Å². The molecule has 2 aliphatic heterocycles. The van der Waals surface area contributed by atoms with Crippen molar-refractivity contribution in [3.8, 4) is 0 Å². The minimum absolute atomic E-state index is 0.205. The Bertz CT molecular complexity index is 685. The second kappa shape index (κ2) is 6.90. The third-order valence-electron chi connectivity index (χ3n) is 5.47. The first-order chi connectivity index (χ1) is 12.4. The smallest absolute Gasteiger partial charge is 0.442 e. The Hall–Kier alpha value is -1.38. The molecule has 2 saturated heterocycles. The first kappa shape index (κ1) is 20.4. The molecule has 2 fully saturated rings. The average Bonchev–Trinajstić information content (AvgIpc) is 3.06. The zero-order valence-corrected chi connectivity index (χ0v) is 17.5. The minimum Gasteiger partial charge on any atom is -0.442 e. The summed E-state index contributed by atoms with van der Waals surface area (Å²) in [6.07, 6.45) is 2.91. The summed E-state index contributed by atoms with van der Waals surface area (Å²) in [6, 6.07) is 0. The summed E-state index contributed by atoms with van der Waals surface area (Å²) in [4.78, 5) is 12.6. The van der Waals surface area contributed by atoms with Gasteiger partial charge in [-0.1, -0.05) is 0 Å². The Morgan fingerprint density at radius 3 is 2.26 bits per heavy atom. The normalized spacial score (nSPS) is 22.9. The molecule has 0 saturated carbocycles. The standard InChI is InChI=1S/C19H31BN2O5/c1-17(2,3)25-16(23)22-12-14(15(21-22)13-8-10-24-11-9-13)20-26-18(4,5)19(6,7)27-20/h12-13H,8-11H2,1-7H3. The number of aromatic nitrogens is 2. The fourth-order valence-corrected chi connectivity index (χ4v) is 3.24. The van der Waals surface area contributed by atoms with Crippen LogP contribution in [0.2, 0.25) is 0 Å². The van der Waals surface area contributed by atoms with Crippen LogP contribution in [0.1, 0.15) is 72.9 Å². The van der Waals surface area contributed by atoms with Crippen LogP contribution < -0.4 is 5.46 Å². The van der Waals surface area contributed by atoms with E-state index in [0.717, 1.165) is 24.0 Å². The van der Waals surface area contributed by atoms with E-state index in [1.807, 2.05) is 48.5 Å². The molecule has 8 heteroatoms. The van der Waals surface area contributed by atoms with Crippen LogP contribution in [-0.2, 0) is 18.8 Å². The van der Waals surface area contributed by atoms with Crippen LogP contribution >= 0.6 is 0 Å². The van der Waals surface area contributed by atoms with Gasteiger partial charge < -0.3 is 18.8 Å². The SMILES string of the molecule is CC(C)(C)OC(=O)n1cc(B2OC(C)(C)C(C)(C)O2)c(C2CCOCC2)n1. The van der Waals surface area contributed by atoms with Crippen LogP contribution in [0, 0.1) is 0 Å². The molecule has 0 radical (unpaired) electrons. The van der Waals surface area contributed by atoms with Gasteiger partial charge in [0.1, 0.15) is 5.60 Å². The van der Waals surface area contributed by atoms with E-state index in [1.165, 1.54) is 4.68 Å². The Kier molecular flexibility index (Phi) is 5.20. The van der Waals surface area contributed by atoms with Gasteiger partial charge in [0.05, 0.1) is 16.9 Å². The zero-order chi connectivity index (χ0) is 20.0. The number of carbonyl (C=O) groups is 1. The highest BCUT2D eigenvalue weighted by Crippen LogP contribution is 2.37. The molecule has 0 N–H and O–H groups in total. The van der Waals surface area contributed by atoms with Crippen molar-refractivity contribution in [3.63, 3.8) is 0 Å². The molecule has 0 spiro atoms. The van der Waals surface area contributed by atoms with Crippen molar-refractivity contribution in [3.05, 3.63) is 11.9 Å². The quantitative estimate of drug-likeness (QED) is 0.737. The van der Waals surface area contributed by atoms with Crippen molar-refractivity contribution < 1.29 is 23.6 Å². The van der Waals surface area contributed by atoms with Crippen LogP contribution in [0.3, 0.4) is 0 Å². The summed E-state index contributed by atoms with van der Waals surface area (Å²) in [5.74, 6) is 0.205. The van der Waals surface area contributed by atoms with Crippen LogP contribution in [0.15, 0.2) is 6.20 Å². The topological polar surface area (TPSA) is 71.8 Å². The van der Waals surface area contributed by atoms with Crippen molar-refractivity contribution in [2.75, 3.05) is 13.2 Å². The highest BCUT2D eigenvalue weighted by atomic mass is 16.7. The Labute approximate surface area is 161 Å². The first-order valence-corrected chi connectivity index (χ1v) is 9.66. The highest BCUT2D eigenvalue weighted by molar-refractivity contribution is 6.62. The molecule has 3 rings (SSSR count). The minimum atomic E-state index is -0.591. The van der Waals surface area contributed by atoms with Gasteiger partial charge in [-0.15, -0.1) is 0 Å². The molecule has 0 aromatic carbocycles. The van der Waals surface area contributed by atoms with Crippen LogP contribution in [-0.4, -0.2) is 53.0 Å². The lowest BCUT2D eigenvalue weighted by Gasteiger charge is -2.32. The summed E-state index contributed by atoms with van der Waals surface area (Å²) in [6.45, 7) is 14.9. The maximum atomic E-state index is 12.6. The third kappa shape index (κ3) is 4.22. The Balaban J connectivity index is 1.95. The van der Waals surface area contributed by atoms with Crippen molar-refractivity contribution in [1.29, 1.82) is 0 Å². The summed E-state index contributed by atoms with van der Waals surface area (Å²) in [7, 11) is -0.566. The van der Waals surface area contributed by atoms with Crippen molar-refractivity contribution in [2.45, 2.75) is 84.0 Å². The van der Waals surface area contributed by atoms with Crippen LogP contribution in [0.25, 0.3) is 0 Å². The molecule has 0 amide bonds. The number of hydrogen-bond donors (Lipinski definition) is 0. The van der Waals surface area contributed by atoms with Crippen molar-refractivity contribution >= 4 is 18.7 Å². The predicted octanol–water partition coefficient (Wildman–Crippen LogP) is 2.86. The lowest BCUT2D eigenvalue weighted by molar-refractivity contribution is 0.00578. The number of nitrogens with zero attached hydrogens (tertiary/aromatic N) is 2. The monoisotopic (exact) mass is 378 g/mol. The van der Waals surface area contributed by atoms with Crippen LogP contribution in [0.5, 0.6) is 0 Å². The van der Waals surface area contributed by atoms with Gasteiger partial charge in [0, 0.05) is 30.8 Å². The van der Waals surface area contributed by atoms with Gasteiger partial charge in [0.25, 0.3) is 0 Å². The fourth-order valence-electron chi connectivity index (χ4n) is 3.24. The summed E-state index contributed by atoms with van der Waals surface area (Å²) in [5, 5.41) is 4.58. The Morgan fingerprint density at radius 2 is 1.74 bits per heavy atom. The maximum absolute atomic E-state index is 12.6. The van der Waals surface area contributed by atoms with Gasteiger partial charge in [0.2, 0.25) is 0 Å². The first-order valence-electron chi connectivity index (χ1n) is 9.66. The lowest BCUT2D eigenvalue weighted by Crippen LogP contribution is -2.41. The number of ether oxygens (including phenoxy) is 2. The maximum Gasteiger partial charge on any atom is 0.498 e. The third-order valence-corrected chi connectivity index (χ3v) is 5.47. The van der Waals surface area contributed by atoms with E-state index in [2.05, 4.69) is 5.10 Å². The second-order valence-corrected chi connectivity index (χ2v) is 9.37. The van der Waals surface area contributed by atoms with Crippen LogP contribution in [0.4, 0.5) is 4.79 Å². The van der Waals surface area contributed by atoms with Gasteiger partial charge >= 0.3 is 13.2 Å². The van der Waals surface area contributed by atoms with Crippen molar-refractivity contribution in [1.82, 2.24) is 9.78 Å². The van der Waals surface area contributed by atoms with E-state index >= 15 is 0 Å². The number of rotatable bonds is 2. The molecule has 1 aromatic rings. The Morgan fingerprint density at radius 1 is 1.19 bits per heavy atom. The summed E-state index contributed by atoms with van der Waals surface area (Å²) in [5.41, 5.74) is 0.123. The molecule has 27 heavy (non-hydrogen) atoms. The molecule has 0 unspecified atom stereocenters. The average molecular weight is 378 g/mol. The van der Waals surface area contributed by atoms with E-state index in [4.69, 9.17) is 18.8 Å². The summed E-state index contributed by atoms with van der Waals surface area (Å²) >= 11 is 0. The predicted molar refractivity (Wildman–Crippen MR) is 102 cm³/mol. The molecule has 0 bridgehead atoms. The molecule has 0 aliphatic carbocycles. The number of carbonyl (C=O) groups excluding carboxylic acids is 1. The van der Waals surface area contributed by atoms with Gasteiger partial charge in [-0.3, -0.25) is 0 Å². The molecular weight excluding hydrogens is 347 g/mol. The largest absolute Gasteiger partial charge is 0.498 e. The summed E-state index contributed by atoms with van der Waals surface area (Å²) < 4.78 is 24.7. The second-order valence-electron chi connectivity index (χ2n) is 9.37. The van der Waals surface area contributed by atoms with Gasteiger partial charge in [0.15, 0.2) is 0 Å². The molecule has 150 valence electrons. The number of hydrogen-bond acceptors (Lipinski definition) is 6. The molecule has 0 atom stereocenters. The molecule has 7 nitrogen and oxygen atoms in total. The van der Waals surface area contributed by atoms with E-state index in [-0.39, 0.29) is 5.92 Å². The van der Waals surface area contributed by atoms with E-state index in [9.17, 15) is 4.79 Å². The molecule has 3 heterocycles. The van der Waals surface area contributed by atoms with Gasteiger partial charge in [-0.25, -0.2) is 4.79 Å². The van der Waals surface area contributed by atoms with Gasteiger partial charge in [-0.05, 0) is 61.3 Å².